The number of piperidine rings is 1. The zero-order chi connectivity index (χ0) is 18.1. The van der Waals surface area contributed by atoms with Crippen molar-refractivity contribution in [1.29, 1.82) is 0 Å². The van der Waals surface area contributed by atoms with Crippen molar-refractivity contribution in [2.45, 2.75) is 18.5 Å². The predicted octanol–water partition coefficient (Wildman–Crippen LogP) is 4.68. The Labute approximate surface area is 157 Å². The van der Waals surface area contributed by atoms with Gasteiger partial charge >= 0.3 is 0 Å². The van der Waals surface area contributed by atoms with Crippen LogP contribution in [-0.2, 0) is 5.67 Å². The summed E-state index contributed by atoms with van der Waals surface area (Å²) in [6.45, 7) is 1.45. The maximum absolute atomic E-state index is 15.9. The van der Waals surface area contributed by atoms with Crippen LogP contribution in [0.2, 0.25) is 5.02 Å². The SMILES string of the molecule is CN1CCC(F)(c2[nH]nc(-c3ccc(Cl)cc3)c2-c2ccncc2)CC1. The lowest BCUT2D eigenvalue weighted by molar-refractivity contribution is 0.0638. The number of halogens is 2. The van der Waals surface area contributed by atoms with Crippen molar-refractivity contribution in [1.82, 2.24) is 20.1 Å². The number of likely N-dealkylation sites (tertiary alicyclic amines) is 1. The number of H-pyrrole nitrogens is 1. The van der Waals surface area contributed by atoms with E-state index in [-0.39, 0.29) is 0 Å². The highest BCUT2D eigenvalue weighted by Crippen LogP contribution is 2.44. The average molecular weight is 371 g/mol. The van der Waals surface area contributed by atoms with Crippen molar-refractivity contribution in [2.75, 3.05) is 20.1 Å². The van der Waals surface area contributed by atoms with Gasteiger partial charge in [0.15, 0.2) is 5.67 Å². The molecule has 0 unspecified atom stereocenters. The molecule has 0 atom stereocenters. The number of benzene rings is 1. The number of rotatable bonds is 3. The maximum atomic E-state index is 15.9. The van der Waals surface area contributed by atoms with E-state index in [2.05, 4.69) is 20.1 Å². The Balaban J connectivity index is 1.86. The summed E-state index contributed by atoms with van der Waals surface area (Å²) in [6.07, 6.45) is 4.34. The van der Waals surface area contributed by atoms with Gasteiger partial charge < -0.3 is 4.90 Å². The first-order valence-corrected chi connectivity index (χ1v) is 9.07. The Morgan fingerprint density at radius 3 is 2.35 bits per heavy atom. The standard InChI is InChI=1S/C20H20ClFN4/c1-26-12-8-20(22,9-13-26)19-17(14-6-10-23-11-7-14)18(24-25-19)15-2-4-16(21)5-3-15/h2-7,10-11H,8-9,12-13H2,1H3,(H,24,25). The van der Waals surface area contributed by atoms with Crippen LogP contribution < -0.4 is 0 Å². The first-order valence-electron chi connectivity index (χ1n) is 8.69. The van der Waals surface area contributed by atoms with E-state index < -0.39 is 5.67 Å². The molecule has 3 heterocycles. The van der Waals surface area contributed by atoms with Gasteiger partial charge in [-0.15, -0.1) is 0 Å². The predicted molar refractivity (Wildman–Crippen MR) is 102 cm³/mol. The lowest BCUT2D eigenvalue weighted by Crippen LogP contribution is -2.38. The van der Waals surface area contributed by atoms with Gasteiger partial charge in [-0.05, 0) is 49.7 Å². The van der Waals surface area contributed by atoms with Crippen LogP contribution in [0.1, 0.15) is 18.5 Å². The second kappa shape index (κ2) is 6.82. The van der Waals surface area contributed by atoms with Crippen molar-refractivity contribution in [3.8, 4) is 22.4 Å². The Bertz CT molecular complexity index is 884. The third kappa shape index (κ3) is 3.13. The zero-order valence-electron chi connectivity index (χ0n) is 14.5. The van der Waals surface area contributed by atoms with E-state index in [1.165, 1.54) is 0 Å². The monoisotopic (exact) mass is 370 g/mol. The van der Waals surface area contributed by atoms with E-state index in [1.54, 1.807) is 12.4 Å². The molecule has 0 spiro atoms. The molecule has 26 heavy (non-hydrogen) atoms. The minimum atomic E-state index is -1.41. The summed E-state index contributed by atoms with van der Waals surface area (Å²) in [5.41, 5.74) is 2.50. The molecule has 134 valence electrons. The van der Waals surface area contributed by atoms with Gasteiger partial charge in [0.05, 0.1) is 5.69 Å². The highest BCUT2D eigenvalue weighted by molar-refractivity contribution is 6.30. The summed E-state index contributed by atoms with van der Waals surface area (Å²) in [7, 11) is 2.02. The van der Waals surface area contributed by atoms with E-state index in [0.29, 0.717) is 23.6 Å². The Kier molecular flexibility index (Phi) is 4.51. The summed E-state index contributed by atoms with van der Waals surface area (Å²) in [5, 5.41) is 8.16. The van der Waals surface area contributed by atoms with Crippen LogP contribution in [0.15, 0.2) is 48.8 Å². The second-order valence-electron chi connectivity index (χ2n) is 6.83. The molecule has 0 aliphatic carbocycles. The molecule has 0 amide bonds. The molecule has 4 nitrogen and oxygen atoms in total. The Hall–Kier alpha value is -2.24. The highest BCUT2D eigenvalue weighted by atomic mass is 35.5. The van der Waals surface area contributed by atoms with E-state index >= 15 is 4.39 Å². The molecule has 0 radical (unpaired) electrons. The van der Waals surface area contributed by atoms with Crippen molar-refractivity contribution in [2.24, 2.45) is 0 Å². The summed E-state index contributed by atoms with van der Waals surface area (Å²) < 4.78 is 15.9. The third-order valence-electron chi connectivity index (χ3n) is 5.08. The largest absolute Gasteiger partial charge is 0.306 e. The summed E-state index contributed by atoms with van der Waals surface area (Å²) in [4.78, 5) is 6.24. The molecule has 1 aromatic carbocycles. The quantitative estimate of drug-likeness (QED) is 0.727. The van der Waals surface area contributed by atoms with Gasteiger partial charge in [-0.3, -0.25) is 10.1 Å². The van der Waals surface area contributed by atoms with E-state index in [4.69, 9.17) is 11.6 Å². The van der Waals surface area contributed by atoms with Crippen LogP contribution in [0.5, 0.6) is 0 Å². The van der Waals surface area contributed by atoms with Crippen molar-refractivity contribution in [3.05, 3.63) is 59.5 Å². The number of nitrogens with one attached hydrogen (secondary N) is 1. The summed E-state index contributed by atoms with van der Waals surface area (Å²) in [5.74, 6) is 0. The van der Waals surface area contributed by atoms with Gasteiger partial charge in [0.1, 0.15) is 5.69 Å². The fourth-order valence-corrected chi connectivity index (χ4v) is 3.63. The molecule has 2 aromatic heterocycles. The number of aromatic amines is 1. The molecule has 1 N–H and O–H groups in total. The topological polar surface area (TPSA) is 44.8 Å². The van der Waals surface area contributed by atoms with E-state index in [0.717, 1.165) is 35.5 Å². The molecular weight excluding hydrogens is 351 g/mol. The fourth-order valence-electron chi connectivity index (χ4n) is 3.51. The zero-order valence-corrected chi connectivity index (χ0v) is 15.3. The van der Waals surface area contributed by atoms with Gasteiger partial charge in [0, 0.05) is 41.6 Å². The molecule has 1 aliphatic rings. The lowest BCUT2D eigenvalue weighted by atomic mass is 9.85. The lowest BCUT2D eigenvalue weighted by Gasteiger charge is -2.34. The second-order valence-corrected chi connectivity index (χ2v) is 7.27. The number of hydrogen-bond donors (Lipinski definition) is 1. The van der Waals surface area contributed by atoms with Crippen LogP contribution in [0, 0.1) is 0 Å². The number of nitrogens with zero attached hydrogens (tertiary/aromatic N) is 3. The summed E-state index contributed by atoms with van der Waals surface area (Å²) >= 11 is 6.02. The molecule has 4 rings (SSSR count). The molecule has 1 fully saturated rings. The van der Waals surface area contributed by atoms with E-state index in [9.17, 15) is 0 Å². The molecule has 1 saturated heterocycles. The number of aromatic nitrogens is 3. The molecule has 0 saturated carbocycles. The summed E-state index contributed by atoms with van der Waals surface area (Å²) in [6, 6.07) is 11.3. The van der Waals surface area contributed by atoms with Gasteiger partial charge in [0.2, 0.25) is 0 Å². The van der Waals surface area contributed by atoms with Crippen molar-refractivity contribution in [3.63, 3.8) is 0 Å². The normalized spacial score (nSPS) is 17.3. The molecule has 1 aliphatic heterocycles. The highest BCUT2D eigenvalue weighted by Gasteiger charge is 2.40. The van der Waals surface area contributed by atoms with Crippen LogP contribution in [0.4, 0.5) is 4.39 Å². The third-order valence-corrected chi connectivity index (χ3v) is 5.33. The first kappa shape index (κ1) is 17.2. The number of alkyl halides is 1. The number of hydrogen-bond acceptors (Lipinski definition) is 3. The Morgan fingerprint density at radius 2 is 1.69 bits per heavy atom. The van der Waals surface area contributed by atoms with Crippen molar-refractivity contribution >= 4 is 11.6 Å². The first-order chi connectivity index (χ1) is 12.6. The average Bonchev–Trinajstić information content (AvgIpc) is 3.12. The molecule has 0 bridgehead atoms. The molecular formula is C20H20ClFN4. The van der Waals surface area contributed by atoms with Crippen LogP contribution >= 0.6 is 11.6 Å². The number of pyridine rings is 1. The fraction of sp³-hybridized carbons (Fsp3) is 0.300. The minimum Gasteiger partial charge on any atom is -0.306 e. The van der Waals surface area contributed by atoms with E-state index in [1.807, 2.05) is 43.4 Å². The van der Waals surface area contributed by atoms with Crippen molar-refractivity contribution < 1.29 is 4.39 Å². The van der Waals surface area contributed by atoms with Gasteiger partial charge in [-0.2, -0.15) is 5.10 Å². The molecule has 6 heteroatoms. The maximum Gasteiger partial charge on any atom is 0.155 e. The van der Waals surface area contributed by atoms with Gasteiger partial charge in [-0.1, -0.05) is 23.7 Å². The van der Waals surface area contributed by atoms with Crippen LogP contribution in [-0.4, -0.2) is 40.2 Å². The molecule has 3 aromatic rings. The Morgan fingerprint density at radius 1 is 1.04 bits per heavy atom. The minimum absolute atomic E-state index is 0.448. The van der Waals surface area contributed by atoms with Crippen LogP contribution in [0.3, 0.4) is 0 Å². The van der Waals surface area contributed by atoms with Gasteiger partial charge in [-0.25, -0.2) is 4.39 Å². The van der Waals surface area contributed by atoms with Crippen LogP contribution in [0.25, 0.3) is 22.4 Å². The van der Waals surface area contributed by atoms with Gasteiger partial charge in [0.25, 0.3) is 0 Å². The smallest absolute Gasteiger partial charge is 0.155 e.